The monoisotopic (exact) mass is 418 g/mol. The van der Waals surface area contributed by atoms with Crippen LogP contribution in [-0.4, -0.2) is 54.2 Å². The Morgan fingerprint density at radius 3 is 2.97 bits per heavy atom. The molecule has 2 amide bonds. The van der Waals surface area contributed by atoms with Gasteiger partial charge in [-0.05, 0) is 31.9 Å². The Bertz CT molecular complexity index is 827. The fourth-order valence-corrected chi connectivity index (χ4v) is 4.76. The van der Waals surface area contributed by atoms with Crippen molar-refractivity contribution in [2.24, 2.45) is 11.8 Å². The van der Waals surface area contributed by atoms with Gasteiger partial charge in [-0.15, -0.1) is 0 Å². The molecule has 0 aromatic heterocycles. The largest absolute Gasteiger partial charge is 0.379 e. The van der Waals surface area contributed by atoms with Gasteiger partial charge in [0.25, 0.3) is 0 Å². The minimum atomic E-state index is -0.703. The summed E-state index contributed by atoms with van der Waals surface area (Å²) in [4.78, 5) is 27.9. The van der Waals surface area contributed by atoms with Crippen molar-refractivity contribution in [3.05, 3.63) is 47.0 Å². The third-order valence-electron chi connectivity index (χ3n) is 5.87. The molecular weight excluding hydrogens is 392 g/mol. The van der Waals surface area contributed by atoms with E-state index in [2.05, 4.69) is 5.32 Å². The predicted molar refractivity (Wildman–Crippen MR) is 109 cm³/mol. The van der Waals surface area contributed by atoms with Gasteiger partial charge in [0.2, 0.25) is 11.8 Å². The summed E-state index contributed by atoms with van der Waals surface area (Å²) in [5.41, 5.74) is 0.190. The van der Waals surface area contributed by atoms with Gasteiger partial charge in [-0.1, -0.05) is 42.0 Å². The van der Waals surface area contributed by atoms with Crippen molar-refractivity contribution in [1.29, 1.82) is 0 Å². The number of rotatable bonds is 8. The van der Waals surface area contributed by atoms with E-state index >= 15 is 0 Å². The first kappa shape index (κ1) is 20.4. The van der Waals surface area contributed by atoms with Crippen LogP contribution in [0, 0.1) is 11.8 Å². The number of ether oxygens (including phenoxy) is 2. The molecule has 156 valence electrons. The molecule has 4 rings (SSSR count). The summed E-state index contributed by atoms with van der Waals surface area (Å²) in [6.45, 7) is 5.95. The molecule has 29 heavy (non-hydrogen) atoms. The third-order valence-corrected chi connectivity index (χ3v) is 6.24. The van der Waals surface area contributed by atoms with Crippen LogP contribution in [0.25, 0.3) is 0 Å². The second-order valence-corrected chi connectivity index (χ2v) is 8.66. The second-order valence-electron chi connectivity index (χ2n) is 8.25. The Labute approximate surface area is 176 Å². The van der Waals surface area contributed by atoms with Crippen molar-refractivity contribution in [1.82, 2.24) is 10.2 Å². The smallest absolute Gasteiger partial charge is 0.230 e. The fourth-order valence-electron chi connectivity index (χ4n) is 4.56. The zero-order valence-corrected chi connectivity index (χ0v) is 17.5. The lowest BCUT2D eigenvalue weighted by Crippen LogP contribution is -2.44. The number of benzene rings is 1. The number of hydrogen-bond acceptors (Lipinski definition) is 4. The first-order valence-electron chi connectivity index (χ1n) is 10.2. The number of amides is 2. The Kier molecular flexibility index (Phi) is 5.69. The lowest BCUT2D eigenvalue weighted by Gasteiger charge is -2.23. The summed E-state index contributed by atoms with van der Waals surface area (Å²) in [5.74, 6) is -1.13. The Balaban J connectivity index is 1.42. The number of carbonyl (C=O) groups excluding carboxylic acids is 2. The van der Waals surface area contributed by atoms with E-state index in [0.29, 0.717) is 31.3 Å². The highest BCUT2D eigenvalue weighted by Gasteiger charge is 2.66. The number of carbonyl (C=O) groups is 2. The average molecular weight is 419 g/mol. The molecule has 1 aromatic rings. The van der Waals surface area contributed by atoms with Gasteiger partial charge in [0.15, 0.2) is 0 Å². The van der Waals surface area contributed by atoms with Crippen LogP contribution in [0.2, 0.25) is 5.02 Å². The number of nitrogens with zero attached hydrogens (tertiary/aromatic N) is 1. The minimum Gasteiger partial charge on any atom is -0.379 e. The molecule has 3 aliphatic heterocycles. The summed E-state index contributed by atoms with van der Waals surface area (Å²) in [5, 5.41) is 3.59. The molecule has 0 unspecified atom stereocenters. The highest BCUT2D eigenvalue weighted by atomic mass is 35.5. The molecule has 3 heterocycles. The van der Waals surface area contributed by atoms with Crippen LogP contribution in [0.15, 0.2) is 36.4 Å². The zero-order valence-electron chi connectivity index (χ0n) is 16.8. The van der Waals surface area contributed by atoms with Gasteiger partial charge in [0.05, 0.1) is 30.6 Å². The molecule has 0 aliphatic carbocycles. The van der Waals surface area contributed by atoms with E-state index in [1.54, 1.807) is 4.90 Å². The molecule has 4 atom stereocenters. The van der Waals surface area contributed by atoms with Crippen LogP contribution in [-0.2, 0) is 25.6 Å². The van der Waals surface area contributed by atoms with E-state index in [1.807, 2.05) is 50.3 Å². The number of likely N-dealkylation sites (tertiary alicyclic amines) is 1. The summed E-state index contributed by atoms with van der Waals surface area (Å²) < 4.78 is 11.7. The molecule has 7 heteroatoms. The van der Waals surface area contributed by atoms with Crippen molar-refractivity contribution in [2.75, 3.05) is 19.7 Å². The van der Waals surface area contributed by atoms with E-state index in [0.717, 1.165) is 12.0 Å². The Morgan fingerprint density at radius 2 is 2.21 bits per heavy atom. The van der Waals surface area contributed by atoms with Crippen molar-refractivity contribution in [3.8, 4) is 0 Å². The molecule has 0 radical (unpaired) electrons. The van der Waals surface area contributed by atoms with E-state index in [-0.39, 0.29) is 24.0 Å². The minimum absolute atomic E-state index is 0.0416. The summed E-state index contributed by atoms with van der Waals surface area (Å²) in [6, 6.07) is 7.50. The van der Waals surface area contributed by atoms with Crippen molar-refractivity contribution in [2.45, 2.75) is 44.6 Å². The van der Waals surface area contributed by atoms with Crippen LogP contribution in [0.1, 0.15) is 25.8 Å². The Hall–Kier alpha value is -1.89. The van der Waals surface area contributed by atoms with Gasteiger partial charge in [0, 0.05) is 24.7 Å². The van der Waals surface area contributed by atoms with Gasteiger partial charge in [-0.3, -0.25) is 9.59 Å². The van der Waals surface area contributed by atoms with Gasteiger partial charge in [-0.25, -0.2) is 0 Å². The first-order chi connectivity index (χ1) is 13.9. The molecule has 1 spiro atoms. The zero-order chi connectivity index (χ0) is 20.6. The summed E-state index contributed by atoms with van der Waals surface area (Å²) in [7, 11) is 0. The summed E-state index contributed by atoms with van der Waals surface area (Å²) >= 11 is 6.27. The molecule has 2 saturated heterocycles. The highest BCUT2D eigenvalue weighted by Crippen LogP contribution is 2.52. The van der Waals surface area contributed by atoms with Gasteiger partial charge in [-0.2, -0.15) is 0 Å². The maximum atomic E-state index is 13.2. The Morgan fingerprint density at radius 1 is 1.41 bits per heavy atom. The van der Waals surface area contributed by atoms with Gasteiger partial charge >= 0.3 is 0 Å². The van der Waals surface area contributed by atoms with Crippen molar-refractivity contribution < 1.29 is 19.1 Å². The standard InChI is InChI=1S/C22H27ClN2O4/c1-14(2)28-11-5-10-24-20(26)18-17-8-9-22(29-17)13-25(21(27)19(18)22)12-15-6-3-4-7-16(15)23/h3-4,6-9,14,17-19H,5,10-13H2,1-2H3,(H,24,26)/t17-,18-,19-,22-/m0/s1. The highest BCUT2D eigenvalue weighted by molar-refractivity contribution is 6.31. The normalized spacial score (nSPS) is 29.7. The lowest BCUT2D eigenvalue weighted by molar-refractivity contribution is -0.137. The summed E-state index contributed by atoms with van der Waals surface area (Å²) in [6.07, 6.45) is 4.47. The molecule has 1 aromatic carbocycles. The SMILES string of the molecule is CC(C)OCCCNC(=O)[C@H]1[C@@H]2C=C[C@@]3(CN(Cc4ccccc4Cl)C(=O)[C@H]13)O2. The number of nitrogens with one attached hydrogen (secondary N) is 1. The number of hydrogen-bond donors (Lipinski definition) is 1. The van der Waals surface area contributed by atoms with Crippen molar-refractivity contribution in [3.63, 3.8) is 0 Å². The molecular formula is C22H27ClN2O4. The lowest BCUT2D eigenvalue weighted by atomic mass is 9.77. The van der Waals surface area contributed by atoms with E-state index < -0.39 is 17.4 Å². The van der Waals surface area contributed by atoms with Crippen LogP contribution in [0.5, 0.6) is 0 Å². The van der Waals surface area contributed by atoms with Crippen molar-refractivity contribution >= 4 is 23.4 Å². The predicted octanol–water partition coefficient (Wildman–Crippen LogP) is 2.55. The van der Waals surface area contributed by atoms with Crippen LogP contribution >= 0.6 is 11.6 Å². The maximum absolute atomic E-state index is 13.2. The van der Waals surface area contributed by atoms with Gasteiger partial charge < -0.3 is 19.7 Å². The van der Waals surface area contributed by atoms with E-state index in [1.165, 1.54) is 0 Å². The first-order valence-corrected chi connectivity index (χ1v) is 10.6. The molecule has 0 saturated carbocycles. The molecule has 2 bridgehead atoms. The molecule has 1 N–H and O–H groups in total. The van der Waals surface area contributed by atoms with Gasteiger partial charge in [0.1, 0.15) is 5.60 Å². The van der Waals surface area contributed by atoms with E-state index in [9.17, 15) is 9.59 Å². The van der Waals surface area contributed by atoms with Crippen LogP contribution in [0.4, 0.5) is 0 Å². The molecule has 2 fully saturated rings. The van der Waals surface area contributed by atoms with Crippen LogP contribution in [0.3, 0.4) is 0 Å². The van der Waals surface area contributed by atoms with Crippen LogP contribution < -0.4 is 5.32 Å². The molecule has 6 nitrogen and oxygen atoms in total. The number of halogens is 1. The quantitative estimate of drug-likeness (QED) is 0.520. The average Bonchev–Trinajstić information content (AvgIpc) is 3.31. The van der Waals surface area contributed by atoms with E-state index in [4.69, 9.17) is 21.1 Å². The number of fused-ring (bicyclic) bond motifs is 1. The topological polar surface area (TPSA) is 67.9 Å². The fraction of sp³-hybridized carbons (Fsp3) is 0.545. The molecule has 3 aliphatic rings. The maximum Gasteiger partial charge on any atom is 0.230 e. The third kappa shape index (κ3) is 3.81. The second kappa shape index (κ2) is 8.09.